The number of H-pyrrole nitrogens is 1. The zero-order valence-electron chi connectivity index (χ0n) is 13.1. The normalized spacial score (nSPS) is 11.4. The second-order valence-corrected chi connectivity index (χ2v) is 6.42. The highest BCUT2D eigenvalue weighted by Crippen LogP contribution is 2.24. The molecule has 0 atom stereocenters. The molecule has 25 heavy (non-hydrogen) atoms. The lowest BCUT2D eigenvalue weighted by Gasteiger charge is -2.00. The summed E-state index contributed by atoms with van der Waals surface area (Å²) in [6.45, 7) is 0. The molecule has 0 fully saturated rings. The van der Waals surface area contributed by atoms with E-state index in [0.29, 0.717) is 10.0 Å². The Hall–Kier alpha value is -2.62. The van der Waals surface area contributed by atoms with Gasteiger partial charge in [-0.15, -0.1) is 0 Å². The third kappa shape index (κ3) is 3.43. The summed E-state index contributed by atoms with van der Waals surface area (Å²) in [6, 6.07) is 21.2. The molecular formula is C20H13Cl2N3. The van der Waals surface area contributed by atoms with Gasteiger partial charge in [-0.2, -0.15) is 0 Å². The maximum absolute atomic E-state index is 6.15. The standard InChI is InChI=1S/C20H13Cl2N3/c21-15-8-5-14(17(22)11-15)12-23-16-9-6-13(7-10-16)20-24-18-3-1-2-4-19(18)25-20/h1-12H,(H,24,25). The number of imidazole rings is 1. The van der Waals surface area contributed by atoms with E-state index in [4.69, 9.17) is 23.2 Å². The van der Waals surface area contributed by atoms with Crippen LogP contribution >= 0.6 is 23.2 Å². The Balaban J connectivity index is 1.58. The molecule has 0 saturated carbocycles. The van der Waals surface area contributed by atoms with Gasteiger partial charge >= 0.3 is 0 Å². The molecule has 0 radical (unpaired) electrons. The van der Waals surface area contributed by atoms with Crippen molar-refractivity contribution in [1.29, 1.82) is 0 Å². The molecule has 5 heteroatoms. The summed E-state index contributed by atoms with van der Waals surface area (Å²) in [4.78, 5) is 12.4. The number of nitrogens with one attached hydrogen (secondary N) is 1. The van der Waals surface area contributed by atoms with Crippen molar-refractivity contribution in [3.05, 3.63) is 82.3 Å². The summed E-state index contributed by atoms with van der Waals surface area (Å²) in [5.74, 6) is 0.845. The van der Waals surface area contributed by atoms with Crippen LogP contribution in [-0.2, 0) is 0 Å². The lowest BCUT2D eigenvalue weighted by Crippen LogP contribution is -1.83. The monoisotopic (exact) mass is 365 g/mol. The molecule has 3 aromatic carbocycles. The fourth-order valence-corrected chi connectivity index (χ4v) is 3.00. The first-order valence-electron chi connectivity index (χ1n) is 7.73. The highest BCUT2D eigenvalue weighted by Gasteiger charge is 2.04. The van der Waals surface area contributed by atoms with E-state index in [9.17, 15) is 0 Å². The van der Waals surface area contributed by atoms with Gasteiger partial charge in [-0.05, 0) is 48.5 Å². The fraction of sp³-hybridized carbons (Fsp3) is 0. The minimum atomic E-state index is 0.579. The zero-order valence-corrected chi connectivity index (χ0v) is 14.6. The van der Waals surface area contributed by atoms with E-state index in [-0.39, 0.29) is 0 Å². The van der Waals surface area contributed by atoms with Crippen molar-refractivity contribution in [3.63, 3.8) is 0 Å². The third-order valence-electron chi connectivity index (χ3n) is 3.85. The summed E-state index contributed by atoms with van der Waals surface area (Å²) in [5, 5.41) is 1.19. The molecule has 0 spiro atoms. The predicted octanol–water partition coefficient (Wildman–Crippen LogP) is 6.29. The van der Waals surface area contributed by atoms with E-state index in [1.807, 2.05) is 54.6 Å². The van der Waals surface area contributed by atoms with Crippen LogP contribution in [0.2, 0.25) is 10.0 Å². The summed E-state index contributed by atoms with van der Waals surface area (Å²) in [5.41, 5.74) is 4.66. The molecule has 0 aliphatic heterocycles. The molecule has 1 heterocycles. The van der Waals surface area contributed by atoms with Crippen molar-refractivity contribution in [2.75, 3.05) is 0 Å². The first-order chi connectivity index (χ1) is 12.2. The van der Waals surface area contributed by atoms with Crippen LogP contribution in [0.3, 0.4) is 0 Å². The predicted molar refractivity (Wildman–Crippen MR) is 105 cm³/mol. The number of halogens is 2. The highest BCUT2D eigenvalue weighted by atomic mass is 35.5. The molecule has 1 N–H and O–H groups in total. The van der Waals surface area contributed by atoms with Crippen LogP contribution in [0.1, 0.15) is 5.56 Å². The van der Waals surface area contributed by atoms with Gasteiger partial charge < -0.3 is 4.98 Å². The SMILES string of the molecule is Clc1ccc(C=Nc2ccc(-c3nc4ccccc4[nH]3)cc2)c(Cl)c1. The maximum atomic E-state index is 6.15. The number of hydrogen-bond donors (Lipinski definition) is 1. The summed E-state index contributed by atoms with van der Waals surface area (Å²) >= 11 is 12.1. The van der Waals surface area contributed by atoms with Crippen LogP contribution in [0, 0.1) is 0 Å². The Bertz CT molecular complexity index is 1030. The molecule has 0 aliphatic rings. The summed E-state index contributed by atoms with van der Waals surface area (Å²) < 4.78 is 0. The van der Waals surface area contributed by atoms with Gasteiger partial charge in [0.15, 0.2) is 0 Å². The van der Waals surface area contributed by atoms with Crippen molar-refractivity contribution >= 4 is 46.1 Å². The van der Waals surface area contributed by atoms with Gasteiger partial charge in [-0.3, -0.25) is 4.99 Å². The van der Waals surface area contributed by atoms with Crippen molar-refractivity contribution in [1.82, 2.24) is 9.97 Å². The Morgan fingerprint density at radius 2 is 1.72 bits per heavy atom. The average molecular weight is 366 g/mol. The first kappa shape index (κ1) is 15.9. The number of hydrogen-bond acceptors (Lipinski definition) is 2. The molecule has 122 valence electrons. The minimum Gasteiger partial charge on any atom is -0.338 e. The molecule has 0 aliphatic carbocycles. The van der Waals surface area contributed by atoms with Crippen LogP contribution in [-0.4, -0.2) is 16.2 Å². The van der Waals surface area contributed by atoms with Crippen LogP contribution in [0.15, 0.2) is 71.7 Å². The molecule has 4 aromatic rings. The van der Waals surface area contributed by atoms with Gasteiger partial charge in [0.1, 0.15) is 5.82 Å². The van der Waals surface area contributed by atoms with Gasteiger partial charge in [0.05, 0.1) is 21.7 Å². The van der Waals surface area contributed by atoms with Crippen LogP contribution < -0.4 is 0 Å². The lowest BCUT2D eigenvalue weighted by atomic mass is 10.2. The average Bonchev–Trinajstić information content (AvgIpc) is 3.05. The Labute approximate surface area is 155 Å². The Morgan fingerprint density at radius 1 is 0.920 bits per heavy atom. The minimum absolute atomic E-state index is 0.579. The van der Waals surface area contributed by atoms with E-state index >= 15 is 0 Å². The number of para-hydroxylation sites is 2. The number of aromatic nitrogens is 2. The summed E-state index contributed by atoms with van der Waals surface area (Å²) in [6.07, 6.45) is 1.73. The van der Waals surface area contributed by atoms with E-state index in [1.54, 1.807) is 18.3 Å². The molecule has 0 saturated heterocycles. The van der Waals surface area contributed by atoms with Gasteiger partial charge in [-0.1, -0.05) is 41.4 Å². The number of aromatic amines is 1. The maximum Gasteiger partial charge on any atom is 0.138 e. The smallest absolute Gasteiger partial charge is 0.138 e. The fourth-order valence-electron chi connectivity index (χ4n) is 2.55. The molecular weight excluding hydrogens is 353 g/mol. The number of rotatable bonds is 3. The van der Waals surface area contributed by atoms with Crippen molar-refractivity contribution in [3.8, 4) is 11.4 Å². The molecule has 3 nitrogen and oxygen atoms in total. The van der Waals surface area contributed by atoms with Gasteiger partial charge in [0.2, 0.25) is 0 Å². The van der Waals surface area contributed by atoms with E-state index in [1.165, 1.54) is 0 Å². The second kappa shape index (κ2) is 6.71. The third-order valence-corrected chi connectivity index (χ3v) is 4.41. The van der Waals surface area contributed by atoms with Gasteiger partial charge in [-0.25, -0.2) is 4.98 Å². The van der Waals surface area contributed by atoms with Gasteiger partial charge in [0, 0.05) is 22.4 Å². The van der Waals surface area contributed by atoms with Crippen LogP contribution in [0.25, 0.3) is 22.4 Å². The van der Waals surface area contributed by atoms with E-state index in [0.717, 1.165) is 33.7 Å². The first-order valence-corrected chi connectivity index (χ1v) is 8.49. The topological polar surface area (TPSA) is 41.0 Å². The van der Waals surface area contributed by atoms with E-state index in [2.05, 4.69) is 15.0 Å². The largest absolute Gasteiger partial charge is 0.338 e. The number of nitrogens with zero attached hydrogens (tertiary/aromatic N) is 2. The number of fused-ring (bicyclic) bond motifs is 1. The second-order valence-electron chi connectivity index (χ2n) is 5.57. The number of aliphatic imine (C=N–C) groups is 1. The molecule has 4 rings (SSSR count). The molecule has 0 bridgehead atoms. The Kier molecular flexibility index (Phi) is 4.26. The van der Waals surface area contributed by atoms with Crippen molar-refractivity contribution < 1.29 is 0 Å². The number of benzene rings is 3. The van der Waals surface area contributed by atoms with Gasteiger partial charge in [0.25, 0.3) is 0 Å². The van der Waals surface area contributed by atoms with E-state index < -0.39 is 0 Å². The Morgan fingerprint density at radius 3 is 2.48 bits per heavy atom. The molecule has 0 amide bonds. The van der Waals surface area contributed by atoms with Crippen molar-refractivity contribution in [2.24, 2.45) is 4.99 Å². The molecule has 0 unspecified atom stereocenters. The van der Waals surface area contributed by atoms with Crippen molar-refractivity contribution in [2.45, 2.75) is 0 Å². The van der Waals surface area contributed by atoms with Crippen LogP contribution in [0.5, 0.6) is 0 Å². The van der Waals surface area contributed by atoms with Crippen LogP contribution in [0.4, 0.5) is 5.69 Å². The highest BCUT2D eigenvalue weighted by molar-refractivity contribution is 6.36. The quantitative estimate of drug-likeness (QED) is 0.426. The summed E-state index contributed by atoms with van der Waals surface area (Å²) in [7, 11) is 0. The lowest BCUT2D eigenvalue weighted by molar-refractivity contribution is 1.33. The zero-order chi connectivity index (χ0) is 17.2. The molecule has 1 aromatic heterocycles.